The van der Waals surface area contributed by atoms with Gasteiger partial charge in [0.05, 0.1) is 13.2 Å². The molecule has 0 saturated carbocycles. The zero-order valence-electron chi connectivity index (χ0n) is 16.0. The summed E-state index contributed by atoms with van der Waals surface area (Å²) in [5.74, 6) is 0.688. The molecule has 0 spiro atoms. The Balaban J connectivity index is 2.15. The maximum atomic E-state index is 12.5. The monoisotopic (exact) mass is 418 g/mol. The molecule has 1 atom stereocenters. The van der Waals surface area contributed by atoms with E-state index in [4.69, 9.17) is 13.8 Å². The van der Waals surface area contributed by atoms with Gasteiger partial charge in [0.25, 0.3) is 0 Å². The number of ether oxygens (including phenoxy) is 1. The lowest BCUT2D eigenvalue weighted by atomic mass is 10.0. The van der Waals surface area contributed by atoms with Gasteiger partial charge in [-0.25, -0.2) is 4.79 Å². The van der Waals surface area contributed by atoms with Crippen LogP contribution >= 0.6 is 19.5 Å². The average Bonchev–Trinajstić information content (AvgIpc) is 2.87. The van der Waals surface area contributed by atoms with Gasteiger partial charge in [0.2, 0.25) is 0 Å². The number of hydrogen-bond acceptors (Lipinski definition) is 7. The van der Waals surface area contributed by atoms with Crippen LogP contribution in [0.1, 0.15) is 44.2 Å². The van der Waals surface area contributed by atoms with Crippen LogP contribution in [-0.2, 0) is 20.0 Å². The first-order valence-electron chi connectivity index (χ1n) is 8.76. The van der Waals surface area contributed by atoms with E-state index in [1.807, 2.05) is 32.0 Å². The van der Waals surface area contributed by atoms with E-state index in [9.17, 15) is 14.5 Å². The average molecular weight is 418 g/mol. The fraction of sp³-hybridized carbons (Fsp3) is 0.588. The van der Waals surface area contributed by atoms with Crippen molar-refractivity contribution in [2.24, 2.45) is 0 Å². The molecule has 8 nitrogen and oxygen atoms in total. The number of nitrogens with one attached hydrogen (secondary N) is 2. The molecular weight excluding hydrogens is 391 g/mol. The Labute approximate surface area is 164 Å². The van der Waals surface area contributed by atoms with Gasteiger partial charge in [-0.05, 0) is 33.3 Å². The number of rotatable bonds is 10. The summed E-state index contributed by atoms with van der Waals surface area (Å²) < 4.78 is 32.0. The van der Waals surface area contributed by atoms with Gasteiger partial charge in [0.15, 0.2) is 0 Å². The van der Waals surface area contributed by atoms with Crippen molar-refractivity contribution in [3.8, 4) is 5.75 Å². The first-order chi connectivity index (χ1) is 12.7. The minimum absolute atomic E-state index is 0.0431. The van der Waals surface area contributed by atoms with Gasteiger partial charge in [0.1, 0.15) is 23.0 Å². The lowest BCUT2D eigenvalue weighted by Gasteiger charge is -2.23. The van der Waals surface area contributed by atoms with Gasteiger partial charge in [-0.2, -0.15) is 0 Å². The second-order valence-corrected chi connectivity index (χ2v) is 9.62. The highest BCUT2D eigenvalue weighted by molar-refractivity contribution is 7.97. The maximum Gasteiger partial charge on any atom is 0.405 e. The van der Waals surface area contributed by atoms with Crippen molar-refractivity contribution < 1.29 is 28.3 Å². The molecule has 152 valence electrons. The van der Waals surface area contributed by atoms with Gasteiger partial charge in [-0.3, -0.25) is 9.29 Å². The van der Waals surface area contributed by atoms with E-state index < -0.39 is 19.1 Å². The largest absolute Gasteiger partial charge is 0.487 e. The van der Waals surface area contributed by atoms with Crippen LogP contribution in [0.4, 0.5) is 4.79 Å². The highest BCUT2D eigenvalue weighted by Gasteiger charge is 2.34. The highest BCUT2D eigenvalue weighted by atomic mass is 32.2. The summed E-state index contributed by atoms with van der Waals surface area (Å²) in [6.07, 6.45) is -0.460. The molecule has 1 heterocycles. The molecule has 1 amide bonds. The van der Waals surface area contributed by atoms with Crippen LogP contribution in [0.2, 0.25) is 0 Å². The minimum atomic E-state index is -3.28. The van der Waals surface area contributed by atoms with Crippen LogP contribution < -0.4 is 14.8 Å². The van der Waals surface area contributed by atoms with Crippen LogP contribution in [0.25, 0.3) is 0 Å². The number of carboxylic acid groups (broad SMARTS) is 1. The third kappa shape index (κ3) is 6.12. The molecule has 1 aliphatic rings. The fourth-order valence-electron chi connectivity index (χ4n) is 2.85. The van der Waals surface area contributed by atoms with Gasteiger partial charge in [-0.1, -0.05) is 30.1 Å². The number of carbonyl (C=O) groups is 1. The molecule has 0 aliphatic carbocycles. The predicted octanol–water partition coefficient (Wildman–Crippen LogP) is 4.13. The quantitative estimate of drug-likeness (QED) is 0.296. The summed E-state index contributed by atoms with van der Waals surface area (Å²) in [6, 6.07) is 5.67. The Morgan fingerprint density at radius 1 is 1.37 bits per heavy atom. The molecule has 0 saturated heterocycles. The van der Waals surface area contributed by atoms with Crippen molar-refractivity contribution in [2.45, 2.75) is 45.1 Å². The Hall–Kier alpha value is -1.25. The molecule has 0 bridgehead atoms. The van der Waals surface area contributed by atoms with Crippen molar-refractivity contribution >= 4 is 25.6 Å². The molecule has 1 aliphatic heterocycles. The molecule has 0 aromatic heterocycles. The van der Waals surface area contributed by atoms with Gasteiger partial charge in [-0.15, -0.1) is 0 Å². The number of para-hydroxylation sites is 1. The van der Waals surface area contributed by atoms with Crippen molar-refractivity contribution in [2.75, 3.05) is 19.5 Å². The van der Waals surface area contributed by atoms with E-state index in [0.717, 1.165) is 23.9 Å². The van der Waals surface area contributed by atoms with E-state index in [1.165, 1.54) is 0 Å². The first-order valence-corrected chi connectivity index (χ1v) is 11.4. The molecule has 1 aromatic rings. The Morgan fingerprint density at radius 3 is 2.63 bits per heavy atom. The van der Waals surface area contributed by atoms with E-state index in [2.05, 4.69) is 10.0 Å². The Morgan fingerprint density at radius 2 is 2.04 bits per heavy atom. The maximum absolute atomic E-state index is 12.5. The van der Waals surface area contributed by atoms with Crippen molar-refractivity contribution in [1.29, 1.82) is 0 Å². The Kier molecular flexibility index (Phi) is 7.59. The third-order valence-corrected chi connectivity index (χ3v) is 6.75. The summed E-state index contributed by atoms with van der Waals surface area (Å²) in [7, 11) is -3.28. The summed E-state index contributed by atoms with van der Waals surface area (Å²) in [5.41, 5.74) is 1.40. The number of hydrogen-bond donors (Lipinski definition) is 3. The highest BCUT2D eigenvalue weighted by Crippen LogP contribution is 2.48. The molecule has 1 unspecified atom stereocenters. The van der Waals surface area contributed by atoms with Crippen molar-refractivity contribution in [3.63, 3.8) is 0 Å². The number of amides is 1. The number of benzene rings is 1. The molecule has 1 aromatic carbocycles. The van der Waals surface area contributed by atoms with Gasteiger partial charge in [0, 0.05) is 12.0 Å². The summed E-state index contributed by atoms with van der Waals surface area (Å²) >= 11 is 1.09. The van der Waals surface area contributed by atoms with E-state index in [0.29, 0.717) is 11.3 Å². The van der Waals surface area contributed by atoms with Crippen LogP contribution in [0, 0.1) is 0 Å². The predicted molar refractivity (Wildman–Crippen MR) is 105 cm³/mol. The van der Waals surface area contributed by atoms with E-state index in [-0.39, 0.29) is 25.1 Å². The van der Waals surface area contributed by atoms with E-state index >= 15 is 0 Å². The Bertz CT molecular complexity index is 705. The number of fused-ring (bicyclic) bond motifs is 1. The van der Waals surface area contributed by atoms with Crippen LogP contribution in [0.3, 0.4) is 0 Å². The third-order valence-electron chi connectivity index (χ3n) is 3.77. The molecule has 2 rings (SSSR count). The molecule has 0 fully saturated rings. The van der Waals surface area contributed by atoms with Gasteiger partial charge < -0.3 is 24.2 Å². The van der Waals surface area contributed by atoms with Crippen molar-refractivity contribution in [1.82, 2.24) is 10.0 Å². The lowest BCUT2D eigenvalue weighted by Crippen LogP contribution is -2.28. The topological polar surface area (TPSA) is 106 Å². The standard InChI is InChI=1S/C17H27N2O6PS/c1-5-23-26(22,24-6-2)11-18-27-15(19-16(20)21)13-9-7-8-12-10-17(3,4)25-14(12)13/h7-9,15,18-19H,5-6,10-11H2,1-4H3,(H,20,21). The normalized spacial score (nSPS) is 16.4. The van der Waals surface area contributed by atoms with Crippen LogP contribution in [0.15, 0.2) is 18.2 Å². The summed E-state index contributed by atoms with van der Waals surface area (Å²) in [5, 5.41) is 11.0. The lowest BCUT2D eigenvalue weighted by molar-refractivity contribution is 0.137. The van der Waals surface area contributed by atoms with Crippen molar-refractivity contribution in [3.05, 3.63) is 29.3 Å². The first kappa shape index (κ1) is 22.0. The summed E-state index contributed by atoms with van der Waals surface area (Å²) in [6.45, 7) is 7.97. The zero-order valence-corrected chi connectivity index (χ0v) is 17.7. The van der Waals surface area contributed by atoms with Gasteiger partial charge >= 0.3 is 13.7 Å². The molecule has 0 radical (unpaired) electrons. The molecular formula is C17H27N2O6PS. The smallest absolute Gasteiger partial charge is 0.405 e. The summed E-state index contributed by atoms with van der Waals surface area (Å²) in [4.78, 5) is 11.3. The SMILES string of the molecule is CCOP(=O)(CNSC(NC(=O)O)c1cccc2c1OC(C)(C)C2)OCC. The zero-order chi connectivity index (χ0) is 20.1. The van der Waals surface area contributed by atoms with Crippen LogP contribution in [0.5, 0.6) is 5.75 Å². The second-order valence-electron chi connectivity index (χ2n) is 6.57. The van der Waals surface area contributed by atoms with E-state index in [1.54, 1.807) is 13.8 Å². The molecule has 10 heteroatoms. The van der Waals surface area contributed by atoms with Crippen LogP contribution in [-0.4, -0.2) is 36.3 Å². The minimum Gasteiger partial charge on any atom is -0.487 e. The fourth-order valence-corrected chi connectivity index (χ4v) is 5.46. The molecule has 27 heavy (non-hydrogen) atoms. The second kappa shape index (κ2) is 9.30. The molecule has 3 N–H and O–H groups in total.